The van der Waals surface area contributed by atoms with Crippen LogP contribution in [0.5, 0.6) is 0 Å². The van der Waals surface area contributed by atoms with E-state index in [9.17, 15) is 10.1 Å². The van der Waals surface area contributed by atoms with Crippen molar-refractivity contribution < 1.29 is 14.2 Å². The van der Waals surface area contributed by atoms with Gasteiger partial charge in [-0.25, -0.2) is 4.99 Å². The maximum atomic E-state index is 12.2. The lowest BCUT2D eigenvalue weighted by atomic mass is 9.77. The molecule has 2 aliphatic heterocycles. The molecule has 1 saturated heterocycles. The molecule has 0 amide bonds. The van der Waals surface area contributed by atoms with Crippen molar-refractivity contribution in [2.45, 2.75) is 83.6 Å². The second-order valence-electron chi connectivity index (χ2n) is 9.87. The van der Waals surface area contributed by atoms with Gasteiger partial charge in [-0.3, -0.25) is 15.0 Å². The van der Waals surface area contributed by atoms with Crippen LogP contribution >= 0.6 is 0 Å². The van der Waals surface area contributed by atoms with Gasteiger partial charge in [0.1, 0.15) is 11.4 Å². The van der Waals surface area contributed by atoms with Crippen molar-refractivity contribution in [3.05, 3.63) is 27.8 Å². The predicted molar refractivity (Wildman–Crippen MR) is 125 cm³/mol. The first-order chi connectivity index (χ1) is 14.9. The van der Waals surface area contributed by atoms with E-state index in [-0.39, 0.29) is 17.6 Å². The molecule has 10 nitrogen and oxygen atoms in total. The molecule has 11 heteroatoms. The van der Waals surface area contributed by atoms with Gasteiger partial charge >= 0.3 is 7.12 Å². The van der Waals surface area contributed by atoms with Crippen LogP contribution < -0.4 is 21.8 Å². The fourth-order valence-corrected chi connectivity index (χ4v) is 4.78. The van der Waals surface area contributed by atoms with Gasteiger partial charge in [-0.05, 0) is 71.3 Å². The highest BCUT2D eigenvalue weighted by molar-refractivity contribution is 6.62. The van der Waals surface area contributed by atoms with E-state index < -0.39 is 28.9 Å². The molecule has 2 heterocycles. The van der Waals surface area contributed by atoms with Gasteiger partial charge in [0.15, 0.2) is 0 Å². The highest BCUT2D eigenvalue weighted by Gasteiger charge is 2.52. The quantitative estimate of drug-likeness (QED) is 0.416. The summed E-state index contributed by atoms with van der Waals surface area (Å²) in [6.07, 6.45) is 4.32. The summed E-state index contributed by atoms with van der Waals surface area (Å²) in [6.45, 7) is 9.61. The zero-order valence-electron chi connectivity index (χ0n) is 19.3. The third-order valence-electron chi connectivity index (χ3n) is 7.10. The Labute approximate surface area is 188 Å². The van der Waals surface area contributed by atoms with Crippen molar-refractivity contribution in [2.75, 3.05) is 4.90 Å². The van der Waals surface area contributed by atoms with Crippen molar-refractivity contribution in [2.24, 2.45) is 21.5 Å². The van der Waals surface area contributed by atoms with Crippen LogP contribution in [0.1, 0.15) is 65.4 Å². The van der Waals surface area contributed by atoms with Gasteiger partial charge in [0.25, 0.3) is 5.69 Å². The average molecular weight is 442 g/mol. The van der Waals surface area contributed by atoms with E-state index in [0.717, 1.165) is 19.3 Å². The Morgan fingerprint density at radius 2 is 1.69 bits per heavy atom. The normalized spacial score (nSPS) is 23.8. The fourth-order valence-electron chi connectivity index (χ4n) is 4.78. The molecule has 3 aliphatic rings. The van der Waals surface area contributed by atoms with E-state index >= 15 is 0 Å². The smallest absolute Gasteiger partial charge is 0.399 e. The molecule has 4 N–H and O–H groups in total. The largest absolute Gasteiger partial charge is 0.495 e. The number of hydrogen-bond donors (Lipinski definition) is 2. The van der Waals surface area contributed by atoms with Gasteiger partial charge in [-0.2, -0.15) is 4.99 Å². The van der Waals surface area contributed by atoms with E-state index in [1.54, 1.807) is 4.90 Å². The highest BCUT2D eigenvalue weighted by Crippen LogP contribution is 2.44. The minimum absolute atomic E-state index is 0.0894. The number of guanidine groups is 2. The van der Waals surface area contributed by atoms with E-state index in [4.69, 9.17) is 20.8 Å². The Balaban J connectivity index is 1.83. The zero-order chi connectivity index (χ0) is 23.5. The Hall–Kier alpha value is -2.66. The maximum Gasteiger partial charge on any atom is 0.495 e. The second-order valence-corrected chi connectivity index (χ2v) is 9.87. The van der Waals surface area contributed by atoms with Crippen molar-refractivity contribution >= 4 is 35.9 Å². The lowest BCUT2D eigenvalue weighted by molar-refractivity contribution is -0.384. The van der Waals surface area contributed by atoms with Gasteiger partial charge in [-0.15, -0.1) is 0 Å². The van der Waals surface area contributed by atoms with Crippen LogP contribution in [0, 0.1) is 17.0 Å². The van der Waals surface area contributed by atoms with Gasteiger partial charge in [0, 0.05) is 6.07 Å². The molecule has 32 heavy (non-hydrogen) atoms. The molecular weight excluding hydrogens is 411 g/mol. The number of hydrogen-bond acceptors (Lipinski definition) is 9. The first-order valence-corrected chi connectivity index (χ1v) is 11.0. The van der Waals surface area contributed by atoms with Crippen molar-refractivity contribution in [1.82, 2.24) is 0 Å². The third kappa shape index (κ3) is 3.53. The summed E-state index contributed by atoms with van der Waals surface area (Å²) < 4.78 is 12.2. The summed E-state index contributed by atoms with van der Waals surface area (Å²) in [5.74, 6) is 0.226. The maximum absolute atomic E-state index is 12.2. The van der Waals surface area contributed by atoms with Crippen LogP contribution in [0.4, 0.5) is 11.4 Å². The minimum Gasteiger partial charge on any atom is -0.399 e. The highest BCUT2D eigenvalue weighted by atomic mass is 16.7. The Kier molecular flexibility index (Phi) is 5.25. The molecule has 0 bridgehead atoms. The van der Waals surface area contributed by atoms with Crippen LogP contribution in [-0.2, 0) is 9.31 Å². The Morgan fingerprint density at radius 3 is 2.25 bits per heavy atom. The van der Waals surface area contributed by atoms with Gasteiger partial charge in [0.05, 0.1) is 16.1 Å². The summed E-state index contributed by atoms with van der Waals surface area (Å²) in [6, 6.07) is 3.37. The van der Waals surface area contributed by atoms with Gasteiger partial charge < -0.3 is 20.8 Å². The van der Waals surface area contributed by atoms with Crippen LogP contribution in [0.15, 0.2) is 22.1 Å². The molecule has 1 aromatic rings. The Morgan fingerprint density at radius 1 is 1.09 bits per heavy atom. The second kappa shape index (κ2) is 7.45. The number of nitrogens with zero attached hydrogens (tertiary/aromatic N) is 4. The molecule has 2 fully saturated rings. The molecule has 1 aliphatic carbocycles. The number of nitro groups is 1. The molecule has 0 radical (unpaired) electrons. The molecule has 1 aromatic carbocycles. The van der Waals surface area contributed by atoms with Crippen molar-refractivity contribution in [3.8, 4) is 0 Å². The summed E-state index contributed by atoms with van der Waals surface area (Å²) in [5, 5.41) is 12.2. The standard InChI is InChI=1S/C21H31BN6O4/c1-13-11-14(22-31-19(2,3)20(4,5)32-22)12-15(28(29)30)16(13)27-18(24)25-17(23)26-21(27)9-7-6-8-10-21/h11-12H,6-10H2,1-5H3,(H4,23,24,25,26). The SMILES string of the molecule is Cc1cc(B2OC(C)(C)C(C)(C)O2)cc([N+](=O)[O-])c1N1C(N)=NC(N)=NC12CCCCC2. The van der Waals surface area contributed by atoms with E-state index in [2.05, 4.69) is 9.98 Å². The monoisotopic (exact) mass is 442 g/mol. The number of nitro benzene ring substituents is 1. The molecule has 0 atom stereocenters. The molecule has 4 rings (SSSR count). The summed E-state index contributed by atoms with van der Waals surface area (Å²) in [4.78, 5) is 22.3. The van der Waals surface area contributed by atoms with E-state index in [1.165, 1.54) is 6.07 Å². The van der Waals surface area contributed by atoms with Crippen LogP contribution in [-0.4, -0.2) is 40.8 Å². The first kappa shape index (κ1) is 22.5. The average Bonchev–Trinajstić information content (AvgIpc) is 2.90. The van der Waals surface area contributed by atoms with Crippen LogP contribution in [0.25, 0.3) is 0 Å². The zero-order valence-corrected chi connectivity index (χ0v) is 19.3. The molecule has 172 valence electrons. The van der Waals surface area contributed by atoms with Crippen molar-refractivity contribution in [3.63, 3.8) is 0 Å². The number of benzene rings is 1. The van der Waals surface area contributed by atoms with Gasteiger partial charge in [-0.1, -0.05) is 12.5 Å². The number of aryl methyl sites for hydroxylation is 1. The molecule has 0 aromatic heterocycles. The van der Waals surface area contributed by atoms with Crippen LogP contribution in [0.2, 0.25) is 0 Å². The number of anilines is 1. The summed E-state index contributed by atoms with van der Waals surface area (Å²) in [7, 11) is -0.712. The topological polar surface area (TPSA) is 142 Å². The Bertz CT molecular complexity index is 1000. The van der Waals surface area contributed by atoms with Crippen molar-refractivity contribution in [1.29, 1.82) is 0 Å². The number of aliphatic imine (C=N–C) groups is 2. The summed E-state index contributed by atoms with van der Waals surface area (Å²) in [5.41, 5.74) is 11.9. The lowest BCUT2D eigenvalue weighted by Crippen LogP contribution is -2.58. The van der Waals surface area contributed by atoms with E-state index in [1.807, 2.05) is 40.7 Å². The minimum atomic E-state index is -0.768. The molecule has 1 spiro atoms. The lowest BCUT2D eigenvalue weighted by Gasteiger charge is -2.45. The molecule has 1 saturated carbocycles. The number of nitrogens with two attached hydrogens (primary N) is 2. The van der Waals surface area contributed by atoms with E-state index in [0.29, 0.717) is 29.6 Å². The number of rotatable bonds is 3. The first-order valence-electron chi connectivity index (χ1n) is 11.0. The predicted octanol–water partition coefficient (Wildman–Crippen LogP) is 2.31. The third-order valence-corrected chi connectivity index (χ3v) is 7.10. The molecular formula is C21H31BN6O4. The van der Waals surface area contributed by atoms with Crippen LogP contribution in [0.3, 0.4) is 0 Å². The fraction of sp³-hybridized carbons (Fsp3) is 0.619. The molecule has 0 unspecified atom stereocenters. The summed E-state index contributed by atoms with van der Waals surface area (Å²) >= 11 is 0. The van der Waals surface area contributed by atoms with Gasteiger partial charge in [0.2, 0.25) is 11.9 Å².